The van der Waals surface area contributed by atoms with E-state index in [9.17, 15) is 13.6 Å². The zero-order valence-electron chi connectivity index (χ0n) is 5.14. The van der Waals surface area contributed by atoms with Crippen LogP contribution in [0.15, 0.2) is 0 Å². The lowest BCUT2D eigenvalue weighted by Gasteiger charge is -2.04. The number of alkyl halides is 2. The van der Waals surface area contributed by atoms with Crippen molar-refractivity contribution in [3.8, 4) is 0 Å². The standard InChI is InChI=1S/C5H7F2NO2/c6-4(7)1-3-2-8-5(9)10-3/h3-4H,1-2H2,(H,8,9). The van der Waals surface area contributed by atoms with Crippen molar-refractivity contribution in [2.75, 3.05) is 6.54 Å². The average molecular weight is 151 g/mol. The van der Waals surface area contributed by atoms with Crippen LogP contribution in [0.4, 0.5) is 13.6 Å². The summed E-state index contributed by atoms with van der Waals surface area (Å²) in [6, 6.07) is 0. The predicted octanol–water partition coefficient (Wildman–Crippen LogP) is 0.750. The summed E-state index contributed by atoms with van der Waals surface area (Å²) in [5.41, 5.74) is 0. The fourth-order valence-electron chi connectivity index (χ4n) is 0.762. The molecule has 1 fully saturated rings. The molecule has 58 valence electrons. The number of carbonyl (C=O) groups excluding carboxylic acids is 1. The second-order valence-electron chi connectivity index (χ2n) is 2.04. The molecule has 1 aliphatic rings. The molecule has 0 aliphatic carbocycles. The molecule has 1 aliphatic heterocycles. The summed E-state index contributed by atoms with van der Waals surface area (Å²) < 4.78 is 27.6. The van der Waals surface area contributed by atoms with Gasteiger partial charge in [0.25, 0.3) is 0 Å². The first kappa shape index (κ1) is 7.24. The highest BCUT2D eigenvalue weighted by Crippen LogP contribution is 2.10. The van der Waals surface area contributed by atoms with Crippen LogP contribution in [0.1, 0.15) is 6.42 Å². The van der Waals surface area contributed by atoms with Crippen molar-refractivity contribution in [3.63, 3.8) is 0 Å². The Labute approximate surface area is 56.3 Å². The minimum absolute atomic E-state index is 0.198. The van der Waals surface area contributed by atoms with Gasteiger partial charge in [-0.2, -0.15) is 0 Å². The second-order valence-corrected chi connectivity index (χ2v) is 2.04. The van der Waals surface area contributed by atoms with E-state index in [0.717, 1.165) is 0 Å². The van der Waals surface area contributed by atoms with Crippen molar-refractivity contribution in [1.29, 1.82) is 0 Å². The maximum absolute atomic E-state index is 11.6. The van der Waals surface area contributed by atoms with E-state index in [2.05, 4.69) is 10.1 Å². The summed E-state index contributed by atoms with van der Waals surface area (Å²) in [5.74, 6) is 0. The van der Waals surface area contributed by atoms with Gasteiger partial charge in [-0.25, -0.2) is 13.6 Å². The molecule has 0 spiro atoms. The zero-order valence-corrected chi connectivity index (χ0v) is 5.14. The molecule has 1 atom stereocenters. The van der Waals surface area contributed by atoms with Crippen LogP contribution in [0, 0.1) is 0 Å². The molecule has 1 unspecified atom stereocenters. The minimum Gasteiger partial charge on any atom is -0.444 e. The molecule has 1 amide bonds. The summed E-state index contributed by atoms with van der Waals surface area (Å²) in [5, 5.41) is 2.28. The number of carbonyl (C=O) groups is 1. The normalized spacial score (nSPS) is 24.7. The number of amides is 1. The van der Waals surface area contributed by atoms with Crippen LogP contribution in [0.3, 0.4) is 0 Å². The van der Waals surface area contributed by atoms with Crippen LogP contribution in [0.25, 0.3) is 0 Å². The van der Waals surface area contributed by atoms with Crippen molar-refractivity contribution in [3.05, 3.63) is 0 Å². The fraction of sp³-hybridized carbons (Fsp3) is 0.800. The first-order valence-electron chi connectivity index (χ1n) is 2.91. The summed E-state index contributed by atoms with van der Waals surface area (Å²) >= 11 is 0. The molecule has 0 aromatic heterocycles. The van der Waals surface area contributed by atoms with Gasteiger partial charge >= 0.3 is 6.09 Å². The number of alkyl carbamates (subject to hydrolysis) is 1. The Hall–Kier alpha value is -0.870. The predicted molar refractivity (Wildman–Crippen MR) is 28.9 cm³/mol. The highest BCUT2D eigenvalue weighted by atomic mass is 19.3. The zero-order chi connectivity index (χ0) is 7.56. The number of hydrogen-bond donors (Lipinski definition) is 1. The van der Waals surface area contributed by atoms with E-state index in [4.69, 9.17) is 0 Å². The molecule has 1 N–H and O–H groups in total. The van der Waals surface area contributed by atoms with Gasteiger partial charge in [-0.15, -0.1) is 0 Å². The first-order valence-corrected chi connectivity index (χ1v) is 2.91. The van der Waals surface area contributed by atoms with E-state index in [-0.39, 0.29) is 13.0 Å². The Kier molecular flexibility index (Phi) is 2.03. The molecule has 0 aromatic rings. The number of nitrogens with one attached hydrogen (secondary N) is 1. The summed E-state index contributed by atoms with van der Waals surface area (Å²) in [7, 11) is 0. The Morgan fingerprint density at radius 3 is 2.90 bits per heavy atom. The first-order chi connectivity index (χ1) is 4.68. The molecule has 1 saturated heterocycles. The molecule has 0 bridgehead atoms. The lowest BCUT2D eigenvalue weighted by Crippen LogP contribution is -2.17. The number of cyclic esters (lactones) is 1. The topological polar surface area (TPSA) is 38.3 Å². The van der Waals surface area contributed by atoms with Gasteiger partial charge < -0.3 is 10.1 Å². The summed E-state index contributed by atoms with van der Waals surface area (Å²) in [6.45, 7) is 0.198. The van der Waals surface area contributed by atoms with Crippen molar-refractivity contribution in [2.45, 2.75) is 19.0 Å². The molecule has 3 nitrogen and oxygen atoms in total. The van der Waals surface area contributed by atoms with Gasteiger partial charge in [0.05, 0.1) is 6.54 Å². The minimum atomic E-state index is -2.40. The van der Waals surface area contributed by atoms with Crippen molar-refractivity contribution < 1.29 is 18.3 Å². The Morgan fingerprint density at radius 2 is 2.50 bits per heavy atom. The Bertz CT molecular complexity index is 140. The van der Waals surface area contributed by atoms with Crippen molar-refractivity contribution >= 4 is 6.09 Å². The lowest BCUT2D eigenvalue weighted by atomic mass is 10.3. The average Bonchev–Trinajstić information content (AvgIpc) is 2.13. The maximum Gasteiger partial charge on any atom is 0.407 e. The van der Waals surface area contributed by atoms with Crippen LogP contribution in [-0.4, -0.2) is 25.2 Å². The number of ether oxygens (including phenoxy) is 1. The SMILES string of the molecule is O=C1NCC(CC(F)F)O1. The third kappa shape index (κ3) is 1.82. The molecule has 0 aromatic carbocycles. The number of hydrogen-bond acceptors (Lipinski definition) is 2. The maximum atomic E-state index is 11.6. The molecule has 0 saturated carbocycles. The van der Waals surface area contributed by atoms with Crippen LogP contribution in [0.2, 0.25) is 0 Å². The van der Waals surface area contributed by atoms with E-state index in [0.29, 0.717) is 0 Å². The number of halogens is 2. The third-order valence-corrected chi connectivity index (χ3v) is 1.19. The highest BCUT2D eigenvalue weighted by Gasteiger charge is 2.25. The van der Waals surface area contributed by atoms with E-state index in [1.807, 2.05) is 0 Å². The second kappa shape index (κ2) is 2.81. The van der Waals surface area contributed by atoms with Crippen LogP contribution >= 0.6 is 0 Å². The fourth-order valence-corrected chi connectivity index (χ4v) is 0.762. The molecular formula is C5H7F2NO2. The molecule has 0 radical (unpaired) electrons. The summed E-state index contributed by atoms with van der Waals surface area (Å²) in [6.07, 6.45) is -4.03. The largest absolute Gasteiger partial charge is 0.444 e. The highest BCUT2D eigenvalue weighted by molar-refractivity contribution is 5.69. The lowest BCUT2D eigenvalue weighted by molar-refractivity contribution is 0.0677. The molecule has 1 heterocycles. The smallest absolute Gasteiger partial charge is 0.407 e. The van der Waals surface area contributed by atoms with E-state index < -0.39 is 18.6 Å². The van der Waals surface area contributed by atoms with Gasteiger partial charge in [0.15, 0.2) is 0 Å². The monoisotopic (exact) mass is 151 g/mol. The van der Waals surface area contributed by atoms with Crippen LogP contribution in [0.5, 0.6) is 0 Å². The number of rotatable bonds is 2. The van der Waals surface area contributed by atoms with Gasteiger partial charge in [-0.1, -0.05) is 0 Å². The summed E-state index contributed by atoms with van der Waals surface area (Å²) in [4.78, 5) is 10.3. The van der Waals surface area contributed by atoms with Gasteiger partial charge in [-0.05, 0) is 0 Å². The third-order valence-electron chi connectivity index (χ3n) is 1.19. The van der Waals surface area contributed by atoms with Gasteiger partial charge in [0.1, 0.15) is 6.10 Å². The molecule has 5 heteroatoms. The van der Waals surface area contributed by atoms with E-state index >= 15 is 0 Å². The molecule has 1 rings (SSSR count). The molecular weight excluding hydrogens is 144 g/mol. The van der Waals surface area contributed by atoms with E-state index in [1.165, 1.54) is 0 Å². The van der Waals surface area contributed by atoms with Gasteiger partial charge in [0.2, 0.25) is 6.43 Å². The quantitative estimate of drug-likeness (QED) is 0.632. The van der Waals surface area contributed by atoms with Gasteiger partial charge in [-0.3, -0.25) is 0 Å². The Balaban J connectivity index is 2.24. The van der Waals surface area contributed by atoms with Crippen molar-refractivity contribution in [2.24, 2.45) is 0 Å². The van der Waals surface area contributed by atoms with E-state index in [1.54, 1.807) is 0 Å². The van der Waals surface area contributed by atoms with Crippen LogP contribution in [-0.2, 0) is 4.74 Å². The van der Waals surface area contributed by atoms with Gasteiger partial charge in [0, 0.05) is 6.42 Å². The van der Waals surface area contributed by atoms with Crippen LogP contribution < -0.4 is 5.32 Å². The Morgan fingerprint density at radius 1 is 1.80 bits per heavy atom. The molecule has 10 heavy (non-hydrogen) atoms. The van der Waals surface area contributed by atoms with Crippen molar-refractivity contribution in [1.82, 2.24) is 5.32 Å².